The van der Waals surface area contributed by atoms with Crippen molar-refractivity contribution in [2.45, 2.75) is 0 Å². The minimum Gasteiger partial charge on any atom is -0.444 e. The van der Waals surface area contributed by atoms with Gasteiger partial charge in [-0.25, -0.2) is 9.37 Å². The number of pyridine rings is 1. The van der Waals surface area contributed by atoms with Crippen LogP contribution in [0.15, 0.2) is 23.7 Å². The molecule has 0 aromatic carbocycles. The van der Waals surface area contributed by atoms with Crippen LogP contribution in [-0.2, 0) is 0 Å². The predicted molar refractivity (Wildman–Crippen MR) is 38.1 cm³/mol. The fourth-order valence-corrected chi connectivity index (χ4v) is 0.442. The Kier molecular flexibility index (Phi) is 10.1. The van der Waals surface area contributed by atoms with Crippen molar-refractivity contribution < 1.29 is 33.9 Å². The summed E-state index contributed by atoms with van der Waals surface area (Å²) in [5.41, 5.74) is 0.233. The molecule has 7 heteroatoms. The van der Waals surface area contributed by atoms with Gasteiger partial charge in [-0.05, 0) is 12.1 Å². The molecular weight excluding hydrogens is 188 g/mol. The second-order valence-corrected chi connectivity index (χ2v) is 1.55. The Morgan fingerprint density at radius 1 is 1.62 bits per heavy atom. The number of nitriles is 1. The van der Waals surface area contributed by atoms with E-state index in [1.54, 1.807) is 6.07 Å². The Bertz CT molecular complexity index is 285. The largest absolute Gasteiger partial charge is 1.00 e. The standard InChI is InChI=1S/C6H3FN2.HNO2.Na/c7-5-1-2-6(3-8)9-4-5;2-1-3;/h1-2,4H;(H,2,3);/q;;+1/p-1. The number of halogens is 1. The monoisotopic (exact) mass is 191 g/mol. The van der Waals surface area contributed by atoms with Crippen molar-refractivity contribution in [1.29, 1.82) is 5.26 Å². The number of hydrogen-bond donors (Lipinski definition) is 0. The smallest absolute Gasteiger partial charge is 0.444 e. The number of aromatic nitrogens is 1. The van der Waals surface area contributed by atoms with Gasteiger partial charge in [0, 0.05) is 0 Å². The summed E-state index contributed by atoms with van der Waals surface area (Å²) < 4.78 is 12.1. The van der Waals surface area contributed by atoms with Crippen molar-refractivity contribution in [3.05, 3.63) is 40.0 Å². The maximum absolute atomic E-state index is 12.1. The van der Waals surface area contributed by atoms with Gasteiger partial charge in [0.25, 0.3) is 0 Å². The fraction of sp³-hybridized carbons (Fsp3) is 0. The number of rotatable bonds is 0. The molecule has 0 atom stereocenters. The molecule has 62 valence electrons. The van der Waals surface area contributed by atoms with Gasteiger partial charge in [0.1, 0.15) is 17.6 Å². The van der Waals surface area contributed by atoms with Crippen LogP contribution in [0, 0.1) is 27.3 Å². The SMILES string of the molecule is N#Cc1ccc(F)cn1.O=N[O-].[Na+]. The van der Waals surface area contributed by atoms with Crippen molar-refractivity contribution in [1.82, 2.24) is 4.98 Å². The van der Waals surface area contributed by atoms with Crippen LogP contribution in [-0.4, -0.2) is 4.98 Å². The molecule has 0 bridgehead atoms. The summed E-state index contributed by atoms with van der Waals surface area (Å²) in [7, 11) is 0. The van der Waals surface area contributed by atoms with Gasteiger partial charge in [0.15, 0.2) is 0 Å². The second-order valence-electron chi connectivity index (χ2n) is 1.55. The summed E-state index contributed by atoms with van der Waals surface area (Å²) in [5.74, 6) is -0.422. The Morgan fingerprint density at radius 3 is 2.46 bits per heavy atom. The van der Waals surface area contributed by atoms with E-state index in [1.165, 1.54) is 12.1 Å². The van der Waals surface area contributed by atoms with Gasteiger partial charge in [-0.1, -0.05) is 0 Å². The third-order valence-electron chi connectivity index (χ3n) is 0.842. The van der Waals surface area contributed by atoms with Crippen molar-refractivity contribution in [3.8, 4) is 6.07 Å². The second kappa shape index (κ2) is 9.06. The first-order valence-electron chi connectivity index (χ1n) is 2.71. The molecule has 5 nitrogen and oxygen atoms in total. The molecule has 1 rings (SSSR count). The predicted octanol–water partition coefficient (Wildman–Crippen LogP) is -1.65. The van der Waals surface area contributed by atoms with E-state index in [9.17, 15) is 4.39 Å². The first kappa shape index (κ1) is 14.5. The van der Waals surface area contributed by atoms with Crippen LogP contribution in [0.2, 0.25) is 0 Å². The minimum atomic E-state index is -0.422. The van der Waals surface area contributed by atoms with E-state index in [0.29, 0.717) is 0 Å². The topological polar surface area (TPSA) is 89.2 Å². The zero-order chi connectivity index (χ0) is 9.40. The number of hydrogen-bond acceptors (Lipinski definition) is 5. The fourth-order valence-electron chi connectivity index (χ4n) is 0.442. The summed E-state index contributed by atoms with van der Waals surface area (Å²) in [6, 6.07) is 4.31. The van der Waals surface area contributed by atoms with E-state index in [0.717, 1.165) is 11.5 Å². The molecule has 13 heavy (non-hydrogen) atoms. The van der Waals surface area contributed by atoms with E-state index in [1.807, 2.05) is 0 Å². The van der Waals surface area contributed by atoms with Crippen LogP contribution < -0.4 is 29.6 Å². The van der Waals surface area contributed by atoms with Gasteiger partial charge in [0.2, 0.25) is 0 Å². The van der Waals surface area contributed by atoms with Crippen molar-refractivity contribution in [2.24, 2.45) is 5.34 Å². The van der Waals surface area contributed by atoms with Crippen LogP contribution >= 0.6 is 0 Å². The number of nitrogens with zero attached hydrogens (tertiary/aromatic N) is 3. The normalized spacial score (nSPS) is 6.77. The van der Waals surface area contributed by atoms with Crippen molar-refractivity contribution in [2.75, 3.05) is 0 Å². The average Bonchev–Trinajstić information content (AvgIpc) is 2.07. The van der Waals surface area contributed by atoms with Crippen LogP contribution in [0.1, 0.15) is 5.69 Å². The molecule has 0 fully saturated rings. The first-order valence-corrected chi connectivity index (χ1v) is 2.71. The molecule has 0 radical (unpaired) electrons. The maximum atomic E-state index is 12.1. The minimum absolute atomic E-state index is 0. The summed E-state index contributed by atoms with van der Waals surface area (Å²) in [6.07, 6.45) is 1.01. The Morgan fingerprint density at radius 2 is 2.15 bits per heavy atom. The van der Waals surface area contributed by atoms with Crippen molar-refractivity contribution in [3.63, 3.8) is 0 Å². The van der Waals surface area contributed by atoms with Crippen LogP contribution in [0.3, 0.4) is 0 Å². The summed E-state index contributed by atoms with van der Waals surface area (Å²) in [5, 5.41) is 17.2. The van der Waals surface area contributed by atoms with E-state index in [-0.39, 0.29) is 35.3 Å². The van der Waals surface area contributed by atoms with Crippen molar-refractivity contribution >= 4 is 0 Å². The van der Waals surface area contributed by atoms with Crippen LogP contribution in [0.5, 0.6) is 0 Å². The summed E-state index contributed by atoms with van der Waals surface area (Å²) >= 11 is 0. The van der Waals surface area contributed by atoms with Crippen LogP contribution in [0.4, 0.5) is 4.39 Å². The van der Waals surface area contributed by atoms with E-state index in [2.05, 4.69) is 4.98 Å². The molecule has 0 saturated heterocycles. The molecule has 0 unspecified atom stereocenters. The summed E-state index contributed by atoms with van der Waals surface area (Å²) in [4.78, 5) is 11.5. The molecule has 1 aromatic rings. The van der Waals surface area contributed by atoms with Gasteiger partial charge < -0.3 is 10.1 Å². The molecule has 0 saturated carbocycles. The average molecular weight is 191 g/mol. The summed E-state index contributed by atoms with van der Waals surface area (Å²) in [6.45, 7) is 0. The van der Waals surface area contributed by atoms with Gasteiger partial charge >= 0.3 is 29.6 Å². The van der Waals surface area contributed by atoms with Gasteiger partial charge in [-0.2, -0.15) is 5.26 Å². The molecule has 1 heterocycles. The first-order chi connectivity index (χ1) is 5.74. The molecule has 0 amide bonds. The van der Waals surface area contributed by atoms with E-state index < -0.39 is 5.82 Å². The third-order valence-corrected chi connectivity index (χ3v) is 0.842. The molecule has 0 spiro atoms. The molecular formula is C6H3FN3NaO2. The van der Waals surface area contributed by atoms with Gasteiger partial charge in [-0.3, -0.25) is 0 Å². The zero-order valence-electron chi connectivity index (χ0n) is 6.77. The van der Waals surface area contributed by atoms with Gasteiger partial charge in [-0.15, -0.1) is 5.34 Å². The molecule has 0 N–H and O–H groups in total. The maximum Gasteiger partial charge on any atom is 1.00 e. The van der Waals surface area contributed by atoms with Crippen LogP contribution in [0.25, 0.3) is 0 Å². The quantitative estimate of drug-likeness (QED) is 0.279. The Balaban J connectivity index is 0. The molecule has 0 aliphatic rings. The molecule has 1 aromatic heterocycles. The van der Waals surface area contributed by atoms with E-state index >= 15 is 0 Å². The van der Waals surface area contributed by atoms with Gasteiger partial charge in [0.05, 0.1) is 6.20 Å². The Hall–Kier alpha value is -1.03. The molecule has 0 aliphatic heterocycles. The molecule has 0 aliphatic carbocycles. The third kappa shape index (κ3) is 7.33. The van der Waals surface area contributed by atoms with E-state index in [4.69, 9.17) is 15.4 Å². The zero-order valence-corrected chi connectivity index (χ0v) is 8.77. The Labute approximate surface area is 95.4 Å².